The van der Waals surface area contributed by atoms with Crippen LogP contribution in [0.5, 0.6) is 0 Å². The summed E-state index contributed by atoms with van der Waals surface area (Å²) in [7, 11) is 0. The van der Waals surface area contributed by atoms with Crippen LogP contribution in [0.3, 0.4) is 0 Å². The second kappa shape index (κ2) is 5.54. The maximum Gasteiger partial charge on any atom is 0.129 e. The molecule has 0 saturated heterocycles. The van der Waals surface area contributed by atoms with E-state index in [1.165, 1.54) is 6.07 Å². The van der Waals surface area contributed by atoms with Crippen LogP contribution < -0.4 is 11.5 Å². The Kier molecular flexibility index (Phi) is 5.48. The van der Waals surface area contributed by atoms with E-state index in [0.717, 1.165) is 0 Å². The van der Waals surface area contributed by atoms with Crippen molar-refractivity contribution in [2.75, 3.05) is 6.54 Å². The quantitative estimate of drug-likeness (QED) is 0.862. The predicted octanol–water partition coefficient (Wildman–Crippen LogP) is 1.97. The van der Waals surface area contributed by atoms with Gasteiger partial charge in [0.05, 0.1) is 0 Å². The highest BCUT2D eigenvalue weighted by molar-refractivity contribution is 9.10. The van der Waals surface area contributed by atoms with Gasteiger partial charge in [0, 0.05) is 22.6 Å². The molecule has 0 radical (unpaired) electrons. The van der Waals surface area contributed by atoms with Crippen LogP contribution >= 0.6 is 28.3 Å². The van der Waals surface area contributed by atoms with Crippen molar-refractivity contribution in [3.63, 3.8) is 0 Å². The van der Waals surface area contributed by atoms with Crippen molar-refractivity contribution < 1.29 is 4.39 Å². The maximum absolute atomic E-state index is 13.1. The molecule has 0 aliphatic carbocycles. The zero-order chi connectivity index (χ0) is 9.14. The summed E-state index contributed by atoms with van der Waals surface area (Å²) in [5, 5.41) is 0. The van der Waals surface area contributed by atoms with E-state index in [0.29, 0.717) is 10.0 Å². The van der Waals surface area contributed by atoms with Gasteiger partial charge in [-0.3, -0.25) is 0 Å². The molecular weight excluding hydrogens is 258 g/mol. The van der Waals surface area contributed by atoms with Gasteiger partial charge in [0.2, 0.25) is 0 Å². The molecule has 1 rings (SSSR count). The van der Waals surface area contributed by atoms with Gasteiger partial charge in [-0.05, 0) is 12.1 Å². The highest BCUT2D eigenvalue weighted by atomic mass is 79.9. The molecule has 0 spiro atoms. The molecule has 0 aromatic heterocycles. The van der Waals surface area contributed by atoms with Crippen LogP contribution in [-0.2, 0) is 0 Å². The number of benzene rings is 1. The average Bonchev–Trinajstić information content (AvgIpc) is 2.03. The fourth-order valence-electron chi connectivity index (χ4n) is 0.983. The molecule has 0 aliphatic heterocycles. The minimum absolute atomic E-state index is 0. The van der Waals surface area contributed by atoms with Crippen molar-refractivity contribution in [1.82, 2.24) is 0 Å². The molecule has 1 atom stereocenters. The van der Waals surface area contributed by atoms with Crippen molar-refractivity contribution in [3.05, 3.63) is 34.1 Å². The molecule has 0 unspecified atom stereocenters. The summed E-state index contributed by atoms with van der Waals surface area (Å²) in [6, 6.07) is 4.29. The van der Waals surface area contributed by atoms with E-state index >= 15 is 0 Å². The first kappa shape index (κ1) is 12.8. The van der Waals surface area contributed by atoms with Gasteiger partial charge < -0.3 is 11.5 Å². The van der Waals surface area contributed by atoms with Gasteiger partial charge in [0.1, 0.15) is 5.82 Å². The molecule has 0 bridgehead atoms. The summed E-state index contributed by atoms with van der Waals surface area (Å²) < 4.78 is 13.8. The van der Waals surface area contributed by atoms with E-state index in [2.05, 4.69) is 15.9 Å². The van der Waals surface area contributed by atoms with Crippen molar-refractivity contribution in [3.8, 4) is 0 Å². The molecular formula is C8H11BrClFN2. The Bertz CT molecular complexity index is 263. The number of rotatable bonds is 2. The molecule has 74 valence electrons. The molecule has 0 saturated carbocycles. The fraction of sp³-hybridized carbons (Fsp3) is 0.250. The largest absolute Gasteiger partial charge is 0.329 e. The molecule has 0 fully saturated rings. The molecule has 0 amide bonds. The lowest BCUT2D eigenvalue weighted by Crippen LogP contribution is -2.22. The first-order chi connectivity index (χ1) is 5.66. The van der Waals surface area contributed by atoms with Gasteiger partial charge in [-0.2, -0.15) is 0 Å². The Balaban J connectivity index is 0.00000144. The Morgan fingerprint density at radius 1 is 1.46 bits per heavy atom. The number of nitrogens with two attached hydrogens (primary N) is 2. The summed E-state index contributed by atoms with van der Waals surface area (Å²) in [5.41, 5.74) is 11.4. The highest BCUT2D eigenvalue weighted by Gasteiger charge is 2.12. The minimum Gasteiger partial charge on any atom is -0.329 e. The molecule has 5 heteroatoms. The highest BCUT2D eigenvalue weighted by Crippen LogP contribution is 2.23. The molecule has 1 aromatic carbocycles. The number of halogens is 3. The summed E-state index contributed by atoms with van der Waals surface area (Å²) in [5.74, 6) is -0.317. The van der Waals surface area contributed by atoms with Crippen LogP contribution in [0.4, 0.5) is 4.39 Å². The van der Waals surface area contributed by atoms with Crippen LogP contribution in [0.15, 0.2) is 22.7 Å². The first-order valence-corrected chi connectivity index (χ1v) is 4.35. The van der Waals surface area contributed by atoms with Crippen molar-refractivity contribution >= 4 is 28.3 Å². The normalized spacial score (nSPS) is 12.0. The van der Waals surface area contributed by atoms with Gasteiger partial charge in [-0.25, -0.2) is 4.39 Å². The van der Waals surface area contributed by atoms with E-state index in [4.69, 9.17) is 11.5 Å². The summed E-state index contributed by atoms with van der Waals surface area (Å²) in [6.07, 6.45) is 0. The molecule has 0 heterocycles. The van der Waals surface area contributed by atoms with Gasteiger partial charge in [0.25, 0.3) is 0 Å². The Labute approximate surface area is 91.0 Å². The molecule has 4 N–H and O–H groups in total. The summed E-state index contributed by atoms with van der Waals surface area (Å²) in [6.45, 7) is 0.236. The Hall–Kier alpha value is -0.160. The summed E-state index contributed by atoms with van der Waals surface area (Å²) >= 11 is 3.21. The topological polar surface area (TPSA) is 52.0 Å². The zero-order valence-electron chi connectivity index (χ0n) is 6.84. The zero-order valence-corrected chi connectivity index (χ0v) is 9.24. The van der Waals surface area contributed by atoms with Crippen LogP contribution in [0.1, 0.15) is 11.6 Å². The van der Waals surface area contributed by atoms with Gasteiger partial charge in [0.15, 0.2) is 0 Å². The van der Waals surface area contributed by atoms with Crippen LogP contribution in [-0.4, -0.2) is 6.54 Å². The lowest BCUT2D eigenvalue weighted by Gasteiger charge is -2.11. The second-order valence-electron chi connectivity index (χ2n) is 2.48. The van der Waals surface area contributed by atoms with Crippen LogP contribution in [0.25, 0.3) is 0 Å². The van der Waals surface area contributed by atoms with E-state index < -0.39 is 6.04 Å². The van der Waals surface area contributed by atoms with Crippen molar-refractivity contribution in [1.29, 1.82) is 0 Å². The lowest BCUT2D eigenvalue weighted by atomic mass is 10.1. The predicted molar refractivity (Wildman–Crippen MR) is 57.3 cm³/mol. The standard InChI is InChI=1S/C8H10BrFN2.ClH/c9-5-2-1-3-6(10)8(5)7(12)4-11;/h1-3,7H,4,11-12H2;1H/t7-;/m0./s1. The molecule has 13 heavy (non-hydrogen) atoms. The first-order valence-electron chi connectivity index (χ1n) is 3.56. The fourth-order valence-corrected chi connectivity index (χ4v) is 1.62. The van der Waals surface area contributed by atoms with Crippen LogP contribution in [0.2, 0.25) is 0 Å². The van der Waals surface area contributed by atoms with E-state index in [1.807, 2.05) is 0 Å². The van der Waals surface area contributed by atoms with E-state index in [1.54, 1.807) is 12.1 Å². The van der Waals surface area contributed by atoms with Crippen molar-refractivity contribution in [2.24, 2.45) is 11.5 Å². The number of hydrogen-bond donors (Lipinski definition) is 2. The third-order valence-corrected chi connectivity index (χ3v) is 2.32. The lowest BCUT2D eigenvalue weighted by molar-refractivity contribution is 0.582. The smallest absolute Gasteiger partial charge is 0.129 e. The van der Waals surface area contributed by atoms with E-state index in [-0.39, 0.29) is 24.8 Å². The average molecular weight is 270 g/mol. The van der Waals surface area contributed by atoms with Gasteiger partial charge in [-0.15, -0.1) is 12.4 Å². The number of hydrogen-bond acceptors (Lipinski definition) is 2. The van der Waals surface area contributed by atoms with Gasteiger partial charge >= 0.3 is 0 Å². The van der Waals surface area contributed by atoms with Gasteiger partial charge in [-0.1, -0.05) is 22.0 Å². The maximum atomic E-state index is 13.1. The Morgan fingerprint density at radius 3 is 2.54 bits per heavy atom. The third kappa shape index (κ3) is 2.91. The molecule has 1 aromatic rings. The second-order valence-corrected chi connectivity index (χ2v) is 3.33. The third-order valence-electron chi connectivity index (χ3n) is 1.62. The molecule has 0 aliphatic rings. The SMILES string of the molecule is Cl.NC[C@H](N)c1c(F)cccc1Br. The Morgan fingerprint density at radius 2 is 2.08 bits per heavy atom. The van der Waals surface area contributed by atoms with Crippen LogP contribution in [0, 0.1) is 5.82 Å². The summed E-state index contributed by atoms with van der Waals surface area (Å²) in [4.78, 5) is 0. The monoisotopic (exact) mass is 268 g/mol. The molecule has 2 nitrogen and oxygen atoms in total. The van der Waals surface area contributed by atoms with E-state index in [9.17, 15) is 4.39 Å². The minimum atomic E-state index is -0.444. The van der Waals surface area contributed by atoms with Crippen molar-refractivity contribution in [2.45, 2.75) is 6.04 Å².